The molecule has 2 N–H and O–H groups in total. The molecule has 0 atom stereocenters. The molecule has 0 fully saturated rings. The quantitative estimate of drug-likeness (QED) is 0.814. The number of carbonyl (C=O) groups is 1. The Morgan fingerprint density at radius 3 is 3.00 bits per heavy atom. The number of anilines is 1. The lowest BCUT2D eigenvalue weighted by atomic mass is 10.1. The van der Waals surface area contributed by atoms with E-state index in [1.807, 2.05) is 24.3 Å². The number of aromatic nitrogens is 2. The molecule has 1 heterocycles. The standard InChI is InChI=1S/C13H15N3OS/c1-2-10-5-3-4-6-11(10)16-12(17)9-18-13-14-7-8-15-13/h3-8H,2,9H2,1H3,(H,14,15)(H,16,17). The fraction of sp³-hybridized carbons (Fsp3) is 0.231. The number of benzene rings is 1. The van der Waals surface area contributed by atoms with Gasteiger partial charge in [0.2, 0.25) is 5.91 Å². The van der Waals surface area contributed by atoms with Crippen LogP contribution in [0.4, 0.5) is 5.69 Å². The second kappa shape index (κ2) is 6.26. The molecule has 18 heavy (non-hydrogen) atoms. The average molecular weight is 261 g/mol. The van der Waals surface area contributed by atoms with E-state index in [4.69, 9.17) is 0 Å². The van der Waals surface area contributed by atoms with Gasteiger partial charge in [0, 0.05) is 18.1 Å². The van der Waals surface area contributed by atoms with Crippen molar-refractivity contribution in [2.24, 2.45) is 0 Å². The molecule has 0 saturated carbocycles. The Bertz CT molecular complexity index is 511. The molecule has 1 amide bonds. The highest BCUT2D eigenvalue weighted by Gasteiger charge is 2.06. The summed E-state index contributed by atoms with van der Waals surface area (Å²) in [4.78, 5) is 18.8. The Morgan fingerprint density at radius 2 is 2.28 bits per heavy atom. The molecule has 1 aromatic carbocycles. The van der Waals surface area contributed by atoms with E-state index in [-0.39, 0.29) is 5.91 Å². The smallest absolute Gasteiger partial charge is 0.234 e. The van der Waals surface area contributed by atoms with Crippen LogP contribution in [0.25, 0.3) is 0 Å². The van der Waals surface area contributed by atoms with Gasteiger partial charge in [-0.1, -0.05) is 36.9 Å². The van der Waals surface area contributed by atoms with Crippen LogP contribution in [-0.2, 0) is 11.2 Å². The topological polar surface area (TPSA) is 57.8 Å². The van der Waals surface area contributed by atoms with Crippen molar-refractivity contribution in [1.82, 2.24) is 9.97 Å². The van der Waals surface area contributed by atoms with Gasteiger partial charge in [0.25, 0.3) is 0 Å². The third kappa shape index (κ3) is 3.37. The lowest BCUT2D eigenvalue weighted by Gasteiger charge is -2.08. The lowest BCUT2D eigenvalue weighted by Crippen LogP contribution is -2.15. The molecule has 0 aliphatic heterocycles. The number of thioether (sulfide) groups is 1. The zero-order valence-corrected chi connectivity index (χ0v) is 11.0. The first-order valence-corrected chi connectivity index (χ1v) is 6.78. The predicted octanol–water partition coefficient (Wildman–Crippen LogP) is 2.70. The lowest BCUT2D eigenvalue weighted by molar-refractivity contribution is -0.113. The van der Waals surface area contributed by atoms with Gasteiger partial charge < -0.3 is 10.3 Å². The minimum Gasteiger partial charge on any atom is -0.340 e. The van der Waals surface area contributed by atoms with Gasteiger partial charge in [-0.25, -0.2) is 4.98 Å². The largest absolute Gasteiger partial charge is 0.340 e. The average Bonchev–Trinajstić information content (AvgIpc) is 2.90. The van der Waals surface area contributed by atoms with Gasteiger partial charge in [-0.2, -0.15) is 0 Å². The SMILES string of the molecule is CCc1ccccc1NC(=O)CSc1ncc[nH]1. The minimum atomic E-state index is -0.0164. The number of rotatable bonds is 5. The molecular formula is C13H15N3OS. The molecule has 0 aliphatic carbocycles. The zero-order chi connectivity index (χ0) is 12.8. The molecule has 0 spiro atoms. The predicted molar refractivity (Wildman–Crippen MR) is 73.8 cm³/mol. The Hall–Kier alpha value is -1.75. The Labute approximate surface area is 110 Å². The van der Waals surface area contributed by atoms with Crippen LogP contribution in [-0.4, -0.2) is 21.6 Å². The monoisotopic (exact) mass is 261 g/mol. The highest BCUT2D eigenvalue weighted by molar-refractivity contribution is 7.99. The molecule has 0 unspecified atom stereocenters. The second-order valence-corrected chi connectivity index (χ2v) is 4.71. The summed E-state index contributed by atoms with van der Waals surface area (Å²) >= 11 is 1.39. The summed E-state index contributed by atoms with van der Waals surface area (Å²) in [6.07, 6.45) is 4.32. The number of hydrogen-bond donors (Lipinski definition) is 2. The van der Waals surface area contributed by atoms with Crippen LogP contribution in [0.5, 0.6) is 0 Å². The Kier molecular flexibility index (Phi) is 4.41. The number of hydrogen-bond acceptors (Lipinski definition) is 3. The van der Waals surface area contributed by atoms with Crippen molar-refractivity contribution in [1.29, 1.82) is 0 Å². The van der Waals surface area contributed by atoms with Crippen LogP contribution >= 0.6 is 11.8 Å². The van der Waals surface area contributed by atoms with E-state index in [0.717, 1.165) is 22.8 Å². The summed E-state index contributed by atoms with van der Waals surface area (Å²) in [6, 6.07) is 7.85. The first-order valence-electron chi connectivity index (χ1n) is 5.79. The minimum absolute atomic E-state index is 0.0164. The Balaban J connectivity index is 1.90. The maximum Gasteiger partial charge on any atom is 0.234 e. The number of nitrogens with one attached hydrogen (secondary N) is 2. The van der Waals surface area contributed by atoms with Crippen molar-refractivity contribution in [2.75, 3.05) is 11.1 Å². The van der Waals surface area contributed by atoms with Crippen molar-refractivity contribution < 1.29 is 4.79 Å². The normalized spacial score (nSPS) is 10.3. The third-order valence-electron chi connectivity index (χ3n) is 2.49. The van der Waals surface area contributed by atoms with E-state index < -0.39 is 0 Å². The third-order valence-corrected chi connectivity index (χ3v) is 3.39. The van der Waals surface area contributed by atoms with Gasteiger partial charge in [0.05, 0.1) is 5.75 Å². The summed E-state index contributed by atoms with van der Waals surface area (Å²) in [5, 5.41) is 3.68. The molecule has 0 bridgehead atoms. The van der Waals surface area contributed by atoms with Crippen molar-refractivity contribution >= 4 is 23.4 Å². The van der Waals surface area contributed by atoms with Gasteiger partial charge >= 0.3 is 0 Å². The van der Waals surface area contributed by atoms with E-state index in [1.165, 1.54) is 11.8 Å². The number of amides is 1. The summed E-state index contributed by atoms with van der Waals surface area (Å²) < 4.78 is 0. The van der Waals surface area contributed by atoms with Crippen molar-refractivity contribution in [3.63, 3.8) is 0 Å². The number of nitrogens with zero attached hydrogens (tertiary/aromatic N) is 1. The number of H-pyrrole nitrogens is 1. The van der Waals surface area contributed by atoms with Crippen molar-refractivity contribution in [3.8, 4) is 0 Å². The van der Waals surface area contributed by atoms with Gasteiger partial charge in [-0.05, 0) is 18.1 Å². The maximum absolute atomic E-state index is 11.8. The number of imidazole rings is 1. The maximum atomic E-state index is 11.8. The number of aryl methyl sites for hydroxylation is 1. The van der Waals surface area contributed by atoms with Crippen LogP contribution in [0.15, 0.2) is 41.8 Å². The number of carbonyl (C=O) groups excluding carboxylic acids is 1. The summed E-state index contributed by atoms with van der Waals surface area (Å²) in [5.74, 6) is 0.336. The molecule has 2 rings (SSSR count). The summed E-state index contributed by atoms with van der Waals surface area (Å²) in [5.41, 5.74) is 2.04. The van der Waals surface area contributed by atoms with E-state index in [1.54, 1.807) is 12.4 Å². The van der Waals surface area contributed by atoms with Crippen molar-refractivity contribution in [2.45, 2.75) is 18.5 Å². The van der Waals surface area contributed by atoms with E-state index in [2.05, 4.69) is 22.2 Å². The zero-order valence-electron chi connectivity index (χ0n) is 10.1. The van der Waals surface area contributed by atoms with Gasteiger partial charge in [-0.3, -0.25) is 4.79 Å². The first kappa shape index (κ1) is 12.7. The molecule has 0 aliphatic rings. The highest BCUT2D eigenvalue weighted by atomic mass is 32.2. The van der Waals surface area contributed by atoms with Gasteiger partial charge in [-0.15, -0.1) is 0 Å². The Morgan fingerprint density at radius 1 is 1.44 bits per heavy atom. The molecule has 5 heteroatoms. The fourth-order valence-electron chi connectivity index (χ4n) is 1.60. The highest BCUT2D eigenvalue weighted by Crippen LogP contribution is 2.17. The summed E-state index contributed by atoms with van der Waals surface area (Å²) in [6.45, 7) is 2.07. The van der Waals surface area contributed by atoms with Gasteiger partial charge in [0.15, 0.2) is 5.16 Å². The van der Waals surface area contributed by atoms with Crippen LogP contribution in [0, 0.1) is 0 Å². The van der Waals surface area contributed by atoms with Crippen LogP contribution in [0.2, 0.25) is 0 Å². The van der Waals surface area contributed by atoms with Crippen LogP contribution < -0.4 is 5.32 Å². The first-order chi connectivity index (χ1) is 8.79. The molecular weight excluding hydrogens is 246 g/mol. The molecule has 94 valence electrons. The van der Waals surface area contributed by atoms with Crippen LogP contribution in [0.1, 0.15) is 12.5 Å². The van der Waals surface area contributed by atoms with E-state index in [9.17, 15) is 4.79 Å². The molecule has 4 nitrogen and oxygen atoms in total. The molecule has 1 aromatic heterocycles. The van der Waals surface area contributed by atoms with Gasteiger partial charge in [0.1, 0.15) is 0 Å². The van der Waals surface area contributed by atoms with Crippen LogP contribution in [0.3, 0.4) is 0 Å². The van der Waals surface area contributed by atoms with E-state index in [0.29, 0.717) is 5.75 Å². The summed E-state index contributed by atoms with van der Waals surface area (Å²) in [7, 11) is 0. The van der Waals surface area contributed by atoms with E-state index >= 15 is 0 Å². The molecule has 2 aromatic rings. The second-order valence-electron chi connectivity index (χ2n) is 3.74. The van der Waals surface area contributed by atoms with Crippen molar-refractivity contribution in [3.05, 3.63) is 42.2 Å². The molecule has 0 radical (unpaired) electrons. The number of para-hydroxylation sites is 1. The fourth-order valence-corrected chi connectivity index (χ4v) is 2.23. The molecule has 0 saturated heterocycles. The number of aromatic amines is 1.